The molecule has 0 atom stereocenters. The minimum absolute atomic E-state index is 0.127. The fraction of sp³-hybridized carbons (Fsp3) is 0.231. The van der Waals surface area contributed by atoms with E-state index in [4.69, 9.17) is 11.6 Å². The summed E-state index contributed by atoms with van der Waals surface area (Å²) in [4.78, 5) is 7.75. The van der Waals surface area contributed by atoms with Crippen LogP contribution in [-0.4, -0.2) is 24.9 Å². The summed E-state index contributed by atoms with van der Waals surface area (Å²) in [5.41, 5.74) is 1.47. The molecular formula is C13H14ClN3O2S. The van der Waals surface area contributed by atoms with Gasteiger partial charge in [-0.25, -0.2) is 23.1 Å². The van der Waals surface area contributed by atoms with Gasteiger partial charge in [-0.3, -0.25) is 0 Å². The molecule has 0 amide bonds. The van der Waals surface area contributed by atoms with E-state index in [0.717, 1.165) is 5.56 Å². The summed E-state index contributed by atoms with van der Waals surface area (Å²) in [5.74, 6) is -0.127. The maximum Gasteiger partial charge on any atom is 0.215 e. The average molecular weight is 312 g/mol. The van der Waals surface area contributed by atoms with Crippen LogP contribution in [0.5, 0.6) is 0 Å². The van der Waals surface area contributed by atoms with Gasteiger partial charge in [0, 0.05) is 24.0 Å². The Morgan fingerprint density at radius 3 is 2.55 bits per heavy atom. The predicted molar refractivity (Wildman–Crippen MR) is 77.8 cm³/mol. The lowest BCUT2D eigenvalue weighted by Crippen LogP contribution is -2.27. The highest BCUT2D eigenvalue weighted by atomic mass is 35.5. The van der Waals surface area contributed by atoms with Crippen molar-refractivity contribution in [3.63, 3.8) is 0 Å². The number of hydrogen-bond acceptors (Lipinski definition) is 4. The molecule has 1 heterocycles. The van der Waals surface area contributed by atoms with E-state index >= 15 is 0 Å². The van der Waals surface area contributed by atoms with Crippen molar-refractivity contribution in [2.45, 2.75) is 12.2 Å². The highest BCUT2D eigenvalue weighted by Crippen LogP contribution is 2.17. The van der Waals surface area contributed by atoms with Gasteiger partial charge in [0.25, 0.3) is 0 Å². The third-order valence-corrected chi connectivity index (χ3v) is 4.36. The van der Waals surface area contributed by atoms with Gasteiger partial charge < -0.3 is 0 Å². The first-order valence-corrected chi connectivity index (χ1v) is 8.04. The number of sulfonamides is 1. The van der Waals surface area contributed by atoms with Crippen LogP contribution in [0.25, 0.3) is 0 Å². The maximum absolute atomic E-state index is 11.9. The molecule has 5 nitrogen and oxygen atoms in total. The van der Waals surface area contributed by atoms with Crippen LogP contribution in [-0.2, 0) is 22.2 Å². The first-order valence-electron chi connectivity index (χ1n) is 6.01. The van der Waals surface area contributed by atoms with Crippen LogP contribution in [0.1, 0.15) is 11.1 Å². The standard InChI is InChI=1S/C13H14ClN3O2S/c14-13-4-2-1-3-12(13)9-20(18,19)17-6-5-11-7-15-10-16-8-11/h1-4,7-8,10,17H,5-6,9H2. The highest BCUT2D eigenvalue weighted by molar-refractivity contribution is 7.88. The second-order valence-corrected chi connectivity index (χ2v) is 6.46. The molecule has 1 N–H and O–H groups in total. The molecular weight excluding hydrogens is 298 g/mol. The molecule has 0 bridgehead atoms. The van der Waals surface area contributed by atoms with Gasteiger partial charge in [-0.05, 0) is 23.6 Å². The zero-order chi connectivity index (χ0) is 14.4. The number of rotatable bonds is 6. The molecule has 20 heavy (non-hydrogen) atoms. The van der Waals surface area contributed by atoms with Crippen LogP contribution >= 0.6 is 11.6 Å². The molecule has 1 aromatic heterocycles. The number of aromatic nitrogens is 2. The minimum atomic E-state index is -3.40. The molecule has 0 aliphatic carbocycles. The van der Waals surface area contributed by atoms with Crippen molar-refractivity contribution in [2.75, 3.05) is 6.54 Å². The first-order chi connectivity index (χ1) is 9.57. The smallest absolute Gasteiger partial charge is 0.215 e. The summed E-state index contributed by atoms with van der Waals surface area (Å²) < 4.78 is 26.4. The molecule has 0 saturated carbocycles. The molecule has 2 rings (SSSR count). The number of benzene rings is 1. The van der Waals surface area contributed by atoms with Crippen LogP contribution in [0, 0.1) is 0 Å². The van der Waals surface area contributed by atoms with Gasteiger partial charge in [0.1, 0.15) is 6.33 Å². The Morgan fingerprint density at radius 1 is 1.15 bits per heavy atom. The SMILES string of the molecule is O=S(=O)(Cc1ccccc1Cl)NCCc1cncnc1. The summed E-state index contributed by atoms with van der Waals surface area (Å²) in [7, 11) is -3.40. The lowest BCUT2D eigenvalue weighted by atomic mass is 10.2. The van der Waals surface area contributed by atoms with Gasteiger partial charge in [0.15, 0.2) is 0 Å². The van der Waals surface area contributed by atoms with Crippen molar-refractivity contribution < 1.29 is 8.42 Å². The zero-order valence-corrected chi connectivity index (χ0v) is 12.2. The van der Waals surface area contributed by atoms with Gasteiger partial charge in [-0.1, -0.05) is 29.8 Å². The number of hydrogen-bond donors (Lipinski definition) is 1. The van der Waals surface area contributed by atoms with E-state index in [1.54, 1.807) is 36.7 Å². The molecule has 1 aromatic carbocycles. The normalized spacial score (nSPS) is 11.4. The van der Waals surface area contributed by atoms with Gasteiger partial charge in [0.05, 0.1) is 5.75 Å². The Kier molecular flexibility index (Phi) is 5.05. The Balaban J connectivity index is 1.90. The number of halogens is 1. The van der Waals surface area contributed by atoms with Crippen LogP contribution in [0.4, 0.5) is 0 Å². The average Bonchev–Trinajstić information content (AvgIpc) is 2.42. The monoisotopic (exact) mass is 311 g/mol. The first kappa shape index (κ1) is 14.9. The Labute approximate surface area is 123 Å². The van der Waals surface area contributed by atoms with Gasteiger partial charge in [-0.15, -0.1) is 0 Å². The van der Waals surface area contributed by atoms with Gasteiger partial charge in [-0.2, -0.15) is 0 Å². The fourth-order valence-electron chi connectivity index (χ4n) is 1.68. The number of nitrogens with zero attached hydrogens (tertiary/aromatic N) is 2. The number of nitrogens with one attached hydrogen (secondary N) is 1. The second-order valence-electron chi connectivity index (χ2n) is 4.24. The maximum atomic E-state index is 11.9. The molecule has 2 aromatic rings. The van der Waals surface area contributed by atoms with Crippen molar-refractivity contribution in [3.05, 3.63) is 59.1 Å². The molecule has 0 radical (unpaired) electrons. The van der Waals surface area contributed by atoms with Crippen LogP contribution in [0.2, 0.25) is 5.02 Å². The van der Waals surface area contributed by atoms with E-state index in [1.807, 2.05) is 0 Å². The summed E-state index contributed by atoms with van der Waals surface area (Å²) in [5, 5.41) is 0.453. The summed E-state index contributed by atoms with van der Waals surface area (Å²) in [6.45, 7) is 0.306. The zero-order valence-electron chi connectivity index (χ0n) is 10.7. The Morgan fingerprint density at radius 2 is 1.85 bits per heavy atom. The van der Waals surface area contributed by atoms with Crippen molar-refractivity contribution in [2.24, 2.45) is 0 Å². The predicted octanol–water partition coefficient (Wildman–Crippen LogP) is 1.79. The van der Waals surface area contributed by atoms with Gasteiger partial charge in [0.2, 0.25) is 10.0 Å². The van der Waals surface area contributed by atoms with Gasteiger partial charge >= 0.3 is 0 Å². The van der Waals surface area contributed by atoms with Crippen LogP contribution < -0.4 is 4.72 Å². The lowest BCUT2D eigenvalue weighted by Gasteiger charge is -2.07. The van der Waals surface area contributed by atoms with Crippen molar-refractivity contribution in [1.82, 2.24) is 14.7 Å². The molecule has 0 fully saturated rings. The molecule has 0 aliphatic rings. The van der Waals surface area contributed by atoms with E-state index in [0.29, 0.717) is 23.6 Å². The highest BCUT2D eigenvalue weighted by Gasteiger charge is 2.12. The molecule has 0 spiro atoms. The fourth-order valence-corrected chi connectivity index (χ4v) is 3.14. The molecule has 0 saturated heterocycles. The quantitative estimate of drug-likeness (QED) is 0.883. The van der Waals surface area contributed by atoms with Crippen molar-refractivity contribution >= 4 is 21.6 Å². The van der Waals surface area contributed by atoms with Crippen LogP contribution in [0.3, 0.4) is 0 Å². The third-order valence-electron chi connectivity index (χ3n) is 2.65. The topological polar surface area (TPSA) is 72.0 Å². The summed E-state index contributed by atoms with van der Waals surface area (Å²) in [6.07, 6.45) is 5.30. The van der Waals surface area contributed by atoms with E-state index in [-0.39, 0.29) is 5.75 Å². The minimum Gasteiger partial charge on any atom is -0.245 e. The molecule has 106 valence electrons. The summed E-state index contributed by atoms with van der Waals surface area (Å²) >= 11 is 5.95. The third kappa shape index (κ3) is 4.56. The van der Waals surface area contributed by atoms with Crippen LogP contribution in [0.15, 0.2) is 43.0 Å². The van der Waals surface area contributed by atoms with E-state index < -0.39 is 10.0 Å². The van der Waals surface area contributed by atoms with Crippen molar-refractivity contribution in [1.29, 1.82) is 0 Å². The Hall–Kier alpha value is -1.50. The second kappa shape index (κ2) is 6.78. The largest absolute Gasteiger partial charge is 0.245 e. The molecule has 0 unspecified atom stereocenters. The van der Waals surface area contributed by atoms with E-state index in [9.17, 15) is 8.42 Å². The Bertz CT molecular complexity index is 662. The molecule has 7 heteroatoms. The van der Waals surface area contributed by atoms with Crippen molar-refractivity contribution in [3.8, 4) is 0 Å². The molecule has 0 aliphatic heterocycles. The lowest BCUT2D eigenvalue weighted by molar-refractivity contribution is 0.580. The summed E-state index contributed by atoms with van der Waals surface area (Å²) in [6, 6.07) is 6.90. The van der Waals surface area contributed by atoms with E-state index in [2.05, 4.69) is 14.7 Å². The van der Waals surface area contributed by atoms with E-state index in [1.165, 1.54) is 6.33 Å².